The molecule has 0 aliphatic rings. The molecule has 0 atom stereocenters. The molecule has 0 saturated heterocycles. The Morgan fingerprint density at radius 2 is 1.18 bits per heavy atom. The minimum absolute atomic E-state index is 0. The van der Waals surface area contributed by atoms with Crippen LogP contribution in [0.2, 0.25) is 0 Å². The van der Waals surface area contributed by atoms with Gasteiger partial charge in [0.25, 0.3) is 0 Å². The predicted molar refractivity (Wildman–Crippen MR) is 39.9 cm³/mol. The number of rotatable bonds is 1. The van der Waals surface area contributed by atoms with E-state index in [2.05, 4.69) is 28.1 Å². The molecule has 0 fully saturated rings. The van der Waals surface area contributed by atoms with Crippen molar-refractivity contribution < 1.29 is 23.2 Å². The van der Waals surface area contributed by atoms with E-state index in [0.29, 0.717) is 0 Å². The van der Waals surface area contributed by atoms with E-state index >= 15 is 0 Å². The Morgan fingerprint density at radius 1 is 1.09 bits per heavy atom. The standard InChI is InChI=1S/C5H14N.BF4/c1-5-6(2,3)4;2-1(3,4)5/h5H2,1-4H3;/q+1;-1/p+1. The van der Waals surface area contributed by atoms with Crippen LogP contribution < -0.4 is 0 Å². The topological polar surface area (TPSA) is 0 Å². The van der Waals surface area contributed by atoms with Crippen LogP contribution in [0, 0.1) is 0 Å². The third-order valence-corrected chi connectivity index (χ3v) is 0.949. The third kappa shape index (κ3) is 77.6. The third-order valence-electron chi connectivity index (χ3n) is 0.949. The van der Waals surface area contributed by atoms with Crippen molar-refractivity contribution in [1.29, 1.82) is 0 Å². The van der Waals surface area contributed by atoms with Gasteiger partial charge >= 0.3 is 8.68 Å². The maximum absolute atomic E-state index is 9.75. The summed E-state index contributed by atoms with van der Waals surface area (Å²) < 4.78 is 40.1. The lowest BCUT2D eigenvalue weighted by Crippen LogP contribution is -2.33. The van der Waals surface area contributed by atoms with E-state index in [0.717, 1.165) is 4.48 Å². The molecule has 6 heteroatoms. The maximum atomic E-state index is 9.75. The molecule has 0 heterocycles. The van der Waals surface area contributed by atoms with E-state index in [1.54, 1.807) is 0 Å². The number of nitrogens with zero attached hydrogens (tertiary/aromatic N) is 1. The fourth-order valence-electron chi connectivity index (χ4n) is 0. The zero-order valence-corrected chi connectivity index (χ0v) is 7.24. The van der Waals surface area contributed by atoms with Gasteiger partial charge in [0.05, 0.1) is 27.7 Å². The van der Waals surface area contributed by atoms with Gasteiger partial charge in [-0.1, -0.05) is 0 Å². The average molecular weight is 176 g/mol. The lowest BCUT2D eigenvalue weighted by molar-refractivity contribution is -0.868. The zero-order valence-electron chi connectivity index (χ0n) is 8.24. The minimum Gasteiger partial charge on any atom is -0.418 e. The molecule has 0 aromatic rings. The second kappa shape index (κ2) is 4.59. The lowest BCUT2D eigenvalue weighted by Gasteiger charge is -2.20. The Kier molecular flexibility index (Phi) is 5.57. The highest BCUT2D eigenvalue weighted by Crippen LogP contribution is 2.06. The van der Waals surface area contributed by atoms with Crippen LogP contribution in [-0.4, -0.2) is 39.4 Å². The zero-order chi connectivity index (χ0) is 9.71. The van der Waals surface area contributed by atoms with Crippen molar-refractivity contribution in [3.63, 3.8) is 0 Å². The van der Waals surface area contributed by atoms with Crippen molar-refractivity contribution in [2.75, 3.05) is 27.7 Å². The van der Waals surface area contributed by atoms with E-state index < -0.39 is 7.25 Å². The summed E-state index contributed by atoms with van der Waals surface area (Å²) in [5.74, 6) is 0. The van der Waals surface area contributed by atoms with Gasteiger partial charge in [-0.25, -0.2) is 0 Å². The molecule has 0 unspecified atom stereocenters. The fraction of sp³-hybridized carbons (Fsp3) is 1.00. The monoisotopic (exact) mass is 176 g/mol. The van der Waals surface area contributed by atoms with Gasteiger partial charge in [-0.05, 0) is 6.92 Å². The highest BCUT2D eigenvalue weighted by molar-refractivity contribution is 6.50. The number of hydrogen-bond acceptors (Lipinski definition) is 0. The molecule has 1 nitrogen and oxygen atoms in total. The number of halogens is 4. The first-order valence-electron chi connectivity index (χ1n) is 3.24. The second-order valence-corrected chi connectivity index (χ2v) is 3.10. The molecule has 0 radical (unpaired) electrons. The van der Waals surface area contributed by atoms with Crippen molar-refractivity contribution in [3.8, 4) is 0 Å². The summed E-state index contributed by atoms with van der Waals surface area (Å²) in [5.41, 5.74) is 0. The van der Waals surface area contributed by atoms with E-state index in [1.807, 2.05) is 0 Å². The van der Waals surface area contributed by atoms with Crippen molar-refractivity contribution in [3.05, 3.63) is 0 Å². The van der Waals surface area contributed by atoms with Crippen LogP contribution >= 0.6 is 0 Å². The Morgan fingerprint density at radius 3 is 1.18 bits per heavy atom. The molecule has 11 heavy (non-hydrogen) atoms. The first-order valence-corrected chi connectivity index (χ1v) is 3.24. The molecule has 0 saturated carbocycles. The first kappa shape index (κ1) is 13.3. The van der Waals surface area contributed by atoms with Gasteiger partial charge in [-0.2, -0.15) is 0 Å². The van der Waals surface area contributed by atoms with Crippen LogP contribution in [0.25, 0.3) is 0 Å². The van der Waals surface area contributed by atoms with Crippen LogP contribution in [-0.2, 0) is 0 Å². The van der Waals surface area contributed by atoms with Gasteiger partial charge in [0.2, 0.25) is 0 Å². The molecule has 0 aromatic carbocycles. The highest BCUT2D eigenvalue weighted by atomic mass is 19.5. The van der Waals surface area contributed by atoms with Crippen LogP contribution in [0.1, 0.15) is 8.35 Å². The largest absolute Gasteiger partial charge is 1.00 e. The second-order valence-electron chi connectivity index (χ2n) is 3.10. The Balaban J connectivity index is -0.000000126. The molecular formula is C5H15BF4N+. The van der Waals surface area contributed by atoms with Crippen LogP contribution in [0.15, 0.2) is 0 Å². The van der Waals surface area contributed by atoms with E-state index in [9.17, 15) is 17.3 Å². The molecule has 70 valence electrons. The summed E-state index contributed by atoms with van der Waals surface area (Å²) in [5, 5.41) is 0. The van der Waals surface area contributed by atoms with Crippen LogP contribution in [0.3, 0.4) is 0 Å². The van der Waals surface area contributed by atoms with Gasteiger partial charge < -0.3 is 21.7 Å². The maximum Gasteiger partial charge on any atom is 1.00 e. The molecule has 0 amide bonds. The summed E-state index contributed by atoms with van der Waals surface area (Å²) >= 11 is 0. The molecule has 0 rings (SSSR count). The molecule has 0 spiro atoms. The molecular weight excluding hydrogens is 161 g/mol. The number of hydrogen-bond donors (Lipinski definition) is 0. The average Bonchev–Trinajstić information content (AvgIpc) is 1.59. The molecule has 0 aromatic heterocycles. The van der Waals surface area contributed by atoms with Gasteiger partial charge in [-0.3, -0.25) is 0 Å². The molecule has 0 N–H and O–H groups in total. The Labute approximate surface area is 66.2 Å². The van der Waals surface area contributed by atoms with Gasteiger partial charge in [0.1, 0.15) is 0 Å². The summed E-state index contributed by atoms with van der Waals surface area (Å²) in [4.78, 5) is 0. The normalized spacial score (nSPS) is 12.0. The van der Waals surface area contributed by atoms with E-state index in [1.165, 1.54) is 6.54 Å². The van der Waals surface area contributed by atoms with Crippen molar-refractivity contribution in [1.82, 2.24) is 0 Å². The molecule has 0 bridgehead atoms. The minimum atomic E-state index is -6.00. The summed E-state index contributed by atoms with van der Waals surface area (Å²) in [6, 6.07) is 0. The van der Waals surface area contributed by atoms with Gasteiger partial charge in [0.15, 0.2) is 0 Å². The van der Waals surface area contributed by atoms with Gasteiger partial charge in [0, 0.05) is 0 Å². The highest BCUT2D eigenvalue weighted by Gasteiger charge is 2.20. The summed E-state index contributed by atoms with van der Waals surface area (Å²) in [6.45, 7) is 3.39. The summed E-state index contributed by atoms with van der Waals surface area (Å²) in [7, 11) is 0.542. The summed E-state index contributed by atoms with van der Waals surface area (Å²) in [6.07, 6.45) is 0. The van der Waals surface area contributed by atoms with Gasteiger partial charge in [-0.15, -0.1) is 0 Å². The predicted octanol–water partition coefficient (Wildman–Crippen LogP) is 2.12. The van der Waals surface area contributed by atoms with Crippen LogP contribution in [0.5, 0.6) is 0 Å². The number of quaternary nitrogens is 1. The fourth-order valence-corrected chi connectivity index (χ4v) is 0. The van der Waals surface area contributed by atoms with E-state index in [4.69, 9.17) is 0 Å². The van der Waals surface area contributed by atoms with Crippen LogP contribution in [0.4, 0.5) is 17.3 Å². The van der Waals surface area contributed by atoms with Crippen molar-refractivity contribution >= 4 is 7.25 Å². The smallest absolute Gasteiger partial charge is 0.418 e. The van der Waals surface area contributed by atoms with Crippen molar-refractivity contribution in [2.45, 2.75) is 6.92 Å². The van der Waals surface area contributed by atoms with Crippen molar-refractivity contribution in [2.24, 2.45) is 0 Å². The quantitative estimate of drug-likeness (QED) is 0.326. The van der Waals surface area contributed by atoms with E-state index in [-0.39, 0.29) is 1.43 Å². The Hall–Kier alpha value is -0.255. The molecule has 0 aliphatic carbocycles. The first-order chi connectivity index (χ1) is 4.56. The molecule has 0 aliphatic heterocycles. The Bertz CT molecular complexity index is 94.6. The lowest BCUT2D eigenvalue weighted by atomic mass is 10.3. The SMILES string of the molecule is CC[N+](C)(C)C.F[B-](F)(F)F.[H+].